The zero-order valence-electron chi connectivity index (χ0n) is 11.7. The van der Waals surface area contributed by atoms with E-state index in [0.717, 1.165) is 24.2 Å². The van der Waals surface area contributed by atoms with Crippen LogP contribution in [0.15, 0.2) is 4.99 Å². The Morgan fingerprint density at radius 1 is 1.37 bits per heavy atom. The summed E-state index contributed by atoms with van der Waals surface area (Å²) >= 11 is 1.88. The van der Waals surface area contributed by atoms with Crippen LogP contribution in [0.2, 0.25) is 0 Å². The molecule has 0 aromatic rings. The Morgan fingerprint density at radius 2 is 2.21 bits per heavy atom. The van der Waals surface area contributed by atoms with Gasteiger partial charge >= 0.3 is 0 Å². The van der Waals surface area contributed by atoms with Crippen molar-refractivity contribution in [2.45, 2.75) is 44.2 Å². The highest BCUT2D eigenvalue weighted by Gasteiger charge is 2.39. The average molecular weight is 284 g/mol. The minimum absolute atomic E-state index is 0.145. The monoisotopic (exact) mass is 284 g/mol. The Balaban J connectivity index is 1.50. The summed E-state index contributed by atoms with van der Waals surface area (Å²) in [4.78, 5) is 4.68. The van der Waals surface area contributed by atoms with Crippen LogP contribution in [0.5, 0.6) is 0 Å². The van der Waals surface area contributed by atoms with Crippen molar-refractivity contribution in [2.75, 3.05) is 32.1 Å². The zero-order chi connectivity index (χ0) is 13.1. The Bertz CT molecular complexity index is 334. The number of rotatable bonds is 2. The van der Waals surface area contributed by atoms with Crippen LogP contribution in [0.1, 0.15) is 32.6 Å². The lowest BCUT2D eigenvalue weighted by Gasteiger charge is -2.35. The van der Waals surface area contributed by atoms with E-state index in [1.807, 2.05) is 11.8 Å². The SMILES string of the molecule is CC1CCC2(CC1)CSC(=NCC1COCCO1)N2. The standard InChI is InChI=1S/C14H24N2O2S/c1-11-2-4-14(5-3-11)10-19-13(16-14)15-8-12-9-17-6-7-18-12/h11-12H,2-10H2,1H3,(H,15,16). The molecule has 3 aliphatic rings. The van der Waals surface area contributed by atoms with Crippen LogP contribution < -0.4 is 5.32 Å². The van der Waals surface area contributed by atoms with E-state index >= 15 is 0 Å². The van der Waals surface area contributed by atoms with Crippen LogP contribution in [0.25, 0.3) is 0 Å². The second-order valence-corrected chi connectivity index (χ2v) is 7.05. The number of ether oxygens (including phenoxy) is 2. The van der Waals surface area contributed by atoms with Gasteiger partial charge < -0.3 is 14.8 Å². The molecule has 4 nitrogen and oxygen atoms in total. The van der Waals surface area contributed by atoms with Gasteiger partial charge in [-0.15, -0.1) is 0 Å². The highest BCUT2D eigenvalue weighted by molar-refractivity contribution is 8.14. The van der Waals surface area contributed by atoms with Crippen LogP contribution in [0.3, 0.4) is 0 Å². The minimum atomic E-state index is 0.145. The summed E-state index contributed by atoms with van der Waals surface area (Å²) in [5, 5.41) is 4.80. The number of nitrogens with zero attached hydrogens (tertiary/aromatic N) is 1. The molecule has 2 saturated heterocycles. The van der Waals surface area contributed by atoms with Gasteiger partial charge in [-0.05, 0) is 31.6 Å². The lowest BCUT2D eigenvalue weighted by molar-refractivity contribution is -0.0832. The summed E-state index contributed by atoms with van der Waals surface area (Å²) in [6.07, 6.45) is 5.43. The van der Waals surface area contributed by atoms with E-state index in [2.05, 4.69) is 17.2 Å². The van der Waals surface area contributed by atoms with Crippen LogP contribution in [0.4, 0.5) is 0 Å². The van der Waals surface area contributed by atoms with E-state index in [0.29, 0.717) is 18.8 Å². The summed E-state index contributed by atoms with van der Waals surface area (Å²) in [5.74, 6) is 2.08. The van der Waals surface area contributed by atoms with Crippen molar-refractivity contribution in [3.05, 3.63) is 0 Å². The van der Waals surface area contributed by atoms with Gasteiger partial charge in [0.25, 0.3) is 0 Å². The molecular formula is C14H24N2O2S. The zero-order valence-corrected chi connectivity index (χ0v) is 12.5. The molecule has 19 heavy (non-hydrogen) atoms. The molecule has 0 aromatic carbocycles. The largest absolute Gasteiger partial charge is 0.376 e. The van der Waals surface area contributed by atoms with Gasteiger partial charge in [-0.25, -0.2) is 0 Å². The quantitative estimate of drug-likeness (QED) is 0.843. The lowest BCUT2D eigenvalue weighted by Crippen LogP contribution is -2.46. The second kappa shape index (κ2) is 6.02. The fraction of sp³-hybridized carbons (Fsp3) is 0.929. The molecule has 1 spiro atoms. The molecule has 1 N–H and O–H groups in total. The maximum atomic E-state index is 5.62. The predicted octanol–water partition coefficient (Wildman–Crippen LogP) is 2.04. The Morgan fingerprint density at radius 3 is 2.95 bits per heavy atom. The third-order valence-electron chi connectivity index (χ3n) is 4.41. The number of thioether (sulfide) groups is 1. The van der Waals surface area contributed by atoms with Crippen molar-refractivity contribution < 1.29 is 9.47 Å². The first-order valence-corrected chi connectivity index (χ1v) is 8.39. The van der Waals surface area contributed by atoms with Gasteiger partial charge in [0.05, 0.1) is 26.4 Å². The molecule has 2 aliphatic heterocycles. The van der Waals surface area contributed by atoms with E-state index in [9.17, 15) is 0 Å². The maximum Gasteiger partial charge on any atom is 0.157 e. The van der Waals surface area contributed by atoms with Crippen molar-refractivity contribution >= 4 is 16.9 Å². The van der Waals surface area contributed by atoms with Crippen LogP contribution >= 0.6 is 11.8 Å². The number of nitrogens with one attached hydrogen (secondary N) is 1. The van der Waals surface area contributed by atoms with Crippen molar-refractivity contribution in [1.29, 1.82) is 0 Å². The Kier molecular flexibility index (Phi) is 4.34. The first-order valence-electron chi connectivity index (χ1n) is 7.41. The van der Waals surface area contributed by atoms with E-state index < -0.39 is 0 Å². The van der Waals surface area contributed by atoms with Crippen molar-refractivity contribution in [1.82, 2.24) is 5.32 Å². The fourth-order valence-corrected chi connectivity index (χ4v) is 4.23. The molecule has 5 heteroatoms. The first kappa shape index (κ1) is 13.7. The molecule has 3 fully saturated rings. The molecular weight excluding hydrogens is 260 g/mol. The van der Waals surface area contributed by atoms with Gasteiger partial charge in [-0.1, -0.05) is 18.7 Å². The normalized spacial score (nSPS) is 41.6. The minimum Gasteiger partial charge on any atom is -0.376 e. The maximum absolute atomic E-state index is 5.62. The van der Waals surface area contributed by atoms with Crippen molar-refractivity contribution in [2.24, 2.45) is 10.9 Å². The number of amidine groups is 1. The second-order valence-electron chi connectivity index (χ2n) is 6.09. The molecule has 0 aromatic heterocycles. The van der Waals surface area contributed by atoms with Gasteiger partial charge in [0, 0.05) is 11.3 Å². The predicted molar refractivity (Wildman–Crippen MR) is 78.8 cm³/mol. The summed E-state index contributed by atoms with van der Waals surface area (Å²) in [6.45, 7) is 5.20. The third-order valence-corrected chi connectivity index (χ3v) is 5.61. The summed E-state index contributed by atoms with van der Waals surface area (Å²) in [6, 6.07) is 0. The molecule has 108 valence electrons. The van der Waals surface area contributed by atoms with Gasteiger partial charge in [-0.2, -0.15) is 0 Å². The fourth-order valence-electron chi connectivity index (χ4n) is 3.00. The molecule has 0 amide bonds. The van der Waals surface area contributed by atoms with Crippen molar-refractivity contribution in [3.63, 3.8) is 0 Å². The van der Waals surface area contributed by atoms with Crippen LogP contribution in [-0.4, -0.2) is 48.9 Å². The molecule has 3 rings (SSSR count). The molecule has 0 bridgehead atoms. The summed E-state index contributed by atoms with van der Waals surface area (Å²) < 4.78 is 11.0. The molecule has 1 aliphatic carbocycles. The third kappa shape index (κ3) is 3.44. The van der Waals surface area contributed by atoms with Crippen LogP contribution in [-0.2, 0) is 9.47 Å². The van der Waals surface area contributed by atoms with E-state index in [1.54, 1.807) is 0 Å². The molecule has 1 atom stereocenters. The lowest BCUT2D eigenvalue weighted by atomic mass is 9.78. The smallest absolute Gasteiger partial charge is 0.157 e. The van der Waals surface area contributed by atoms with E-state index in [-0.39, 0.29) is 6.10 Å². The van der Waals surface area contributed by atoms with Gasteiger partial charge in [-0.3, -0.25) is 4.99 Å². The van der Waals surface area contributed by atoms with Crippen LogP contribution in [0, 0.1) is 5.92 Å². The number of aliphatic imine (C=N–C) groups is 1. The first-order chi connectivity index (χ1) is 9.26. The van der Waals surface area contributed by atoms with E-state index in [1.165, 1.54) is 31.4 Å². The van der Waals surface area contributed by atoms with E-state index in [4.69, 9.17) is 9.47 Å². The van der Waals surface area contributed by atoms with Gasteiger partial charge in [0.2, 0.25) is 0 Å². The summed E-state index contributed by atoms with van der Waals surface area (Å²) in [7, 11) is 0. The summed E-state index contributed by atoms with van der Waals surface area (Å²) in [5.41, 5.74) is 0.333. The van der Waals surface area contributed by atoms with Crippen molar-refractivity contribution in [3.8, 4) is 0 Å². The van der Waals surface area contributed by atoms with Gasteiger partial charge in [0.15, 0.2) is 5.17 Å². The highest BCUT2D eigenvalue weighted by atomic mass is 32.2. The highest BCUT2D eigenvalue weighted by Crippen LogP contribution is 2.38. The Labute approximate surface area is 119 Å². The van der Waals surface area contributed by atoms with Gasteiger partial charge in [0.1, 0.15) is 6.10 Å². The number of hydrogen-bond acceptors (Lipinski definition) is 4. The Hall–Kier alpha value is -0.260. The molecule has 0 radical (unpaired) electrons. The topological polar surface area (TPSA) is 42.9 Å². The number of hydrogen-bond donors (Lipinski definition) is 1. The molecule has 2 heterocycles. The molecule has 1 unspecified atom stereocenters. The molecule has 1 saturated carbocycles. The average Bonchev–Trinajstić information content (AvgIpc) is 2.85.